The number of halogens is 2. The summed E-state index contributed by atoms with van der Waals surface area (Å²) in [4.78, 5) is 17.7. The molecular formula is C4H4Cl2O4. The maximum absolute atomic E-state index is 5.56. The molecule has 0 unspecified atom stereocenters. The van der Waals surface area contributed by atoms with E-state index in [1.165, 1.54) is 0 Å². The normalized spacial score (nSPS) is 31.8. The number of alkyl halides is 2. The average Bonchev–Trinajstić information content (AvgIpc) is 2.72. The van der Waals surface area contributed by atoms with Gasteiger partial charge in [0.2, 0.25) is 0 Å². The van der Waals surface area contributed by atoms with Crippen LogP contribution in [0.3, 0.4) is 0 Å². The minimum Gasteiger partial charge on any atom is -0.176 e. The van der Waals surface area contributed by atoms with Gasteiger partial charge in [0.25, 0.3) is 0 Å². The van der Waals surface area contributed by atoms with Crippen LogP contribution < -0.4 is 0 Å². The van der Waals surface area contributed by atoms with Crippen molar-refractivity contribution in [3.63, 3.8) is 0 Å². The van der Waals surface area contributed by atoms with Gasteiger partial charge in [0.05, 0.1) is 0 Å². The quantitative estimate of drug-likeness (QED) is 0.381. The Labute approximate surface area is 66.7 Å². The van der Waals surface area contributed by atoms with Gasteiger partial charge in [-0.05, 0) is 0 Å². The summed E-state index contributed by atoms with van der Waals surface area (Å²) in [6.45, 7) is 0. The minimum absolute atomic E-state index is 0.443. The van der Waals surface area contributed by atoms with Crippen LogP contribution in [0.2, 0.25) is 0 Å². The maximum atomic E-state index is 5.56. The first-order chi connectivity index (χ1) is 4.62. The van der Waals surface area contributed by atoms with Gasteiger partial charge >= 0.3 is 10.5 Å². The molecule has 2 aliphatic rings. The van der Waals surface area contributed by atoms with Crippen LogP contribution in [0, 0.1) is 0 Å². The van der Waals surface area contributed by atoms with Crippen LogP contribution in [0.4, 0.5) is 0 Å². The van der Waals surface area contributed by atoms with Crippen molar-refractivity contribution in [3.05, 3.63) is 0 Å². The Bertz CT molecular complexity index is 135. The number of rotatable bonds is 3. The van der Waals surface area contributed by atoms with E-state index in [0.29, 0.717) is 12.8 Å². The van der Waals surface area contributed by atoms with Crippen molar-refractivity contribution in [1.82, 2.24) is 0 Å². The molecule has 0 atom stereocenters. The zero-order chi connectivity index (χ0) is 7.24. The van der Waals surface area contributed by atoms with Crippen molar-refractivity contribution >= 4 is 23.2 Å². The lowest BCUT2D eigenvalue weighted by atomic mass is 10.3. The molecule has 0 aromatic carbocycles. The van der Waals surface area contributed by atoms with Crippen molar-refractivity contribution in [2.24, 2.45) is 0 Å². The predicted octanol–water partition coefficient (Wildman–Crippen LogP) is 1.48. The largest absolute Gasteiger partial charge is 0.307 e. The van der Waals surface area contributed by atoms with Gasteiger partial charge in [0.15, 0.2) is 0 Å². The van der Waals surface area contributed by atoms with Crippen LogP contribution in [0.5, 0.6) is 0 Å². The maximum Gasteiger partial charge on any atom is 0.307 e. The first kappa shape index (κ1) is 7.09. The van der Waals surface area contributed by atoms with Gasteiger partial charge in [0, 0.05) is 12.8 Å². The molecule has 2 heterocycles. The molecule has 0 N–H and O–H groups in total. The van der Waals surface area contributed by atoms with Gasteiger partial charge in [-0.2, -0.15) is 19.6 Å². The summed E-state index contributed by atoms with van der Waals surface area (Å²) < 4.78 is 0. The van der Waals surface area contributed by atoms with E-state index < -0.39 is 10.5 Å². The highest BCUT2D eigenvalue weighted by Crippen LogP contribution is 2.45. The fourth-order valence-electron chi connectivity index (χ4n) is 0.556. The fraction of sp³-hybridized carbons (Fsp3) is 1.00. The Kier molecular flexibility index (Phi) is 1.40. The second kappa shape index (κ2) is 1.97. The molecule has 4 nitrogen and oxygen atoms in total. The third-order valence-corrected chi connectivity index (χ3v) is 1.88. The molecule has 2 aliphatic heterocycles. The lowest BCUT2D eigenvalue weighted by Gasteiger charge is -1.95. The molecule has 0 amide bonds. The second-order valence-corrected chi connectivity index (χ2v) is 3.30. The number of hydrogen-bond donors (Lipinski definition) is 0. The summed E-state index contributed by atoms with van der Waals surface area (Å²) in [6.07, 6.45) is 0.885. The van der Waals surface area contributed by atoms with Gasteiger partial charge in [-0.1, -0.05) is 23.2 Å². The van der Waals surface area contributed by atoms with Crippen molar-refractivity contribution in [2.45, 2.75) is 23.3 Å². The monoisotopic (exact) mass is 186 g/mol. The summed E-state index contributed by atoms with van der Waals surface area (Å²) in [6, 6.07) is 0. The summed E-state index contributed by atoms with van der Waals surface area (Å²) in [5.41, 5.74) is 0. The van der Waals surface area contributed by atoms with Gasteiger partial charge in [-0.15, -0.1) is 0 Å². The molecule has 2 fully saturated rings. The molecule has 6 heteroatoms. The number of hydrogen-bond acceptors (Lipinski definition) is 4. The topological polar surface area (TPSA) is 50.1 Å². The summed E-state index contributed by atoms with van der Waals surface area (Å²) >= 11 is 11.1. The standard InChI is InChI=1S/C4H4Cl2O4/c5-3(7-8-3)1-2-4(6)9-10-4/h1-2H2. The molecule has 0 saturated carbocycles. The van der Waals surface area contributed by atoms with Crippen LogP contribution in [0.15, 0.2) is 0 Å². The van der Waals surface area contributed by atoms with Gasteiger partial charge < -0.3 is 0 Å². The molecule has 0 radical (unpaired) electrons. The molecule has 2 saturated heterocycles. The third-order valence-electron chi connectivity index (χ3n) is 1.25. The highest BCUT2D eigenvalue weighted by atomic mass is 35.5. The predicted molar refractivity (Wildman–Crippen MR) is 30.7 cm³/mol. The van der Waals surface area contributed by atoms with E-state index in [-0.39, 0.29) is 0 Å². The van der Waals surface area contributed by atoms with E-state index in [2.05, 4.69) is 19.6 Å². The molecule has 0 spiro atoms. The fourth-order valence-corrected chi connectivity index (χ4v) is 0.808. The summed E-state index contributed by atoms with van der Waals surface area (Å²) in [7, 11) is 0. The van der Waals surface area contributed by atoms with E-state index in [1.807, 2.05) is 0 Å². The summed E-state index contributed by atoms with van der Waals surface area (Å²) in [5.74, 6) is 0. The zero-order valence-electron chi connectivity index (χ0n) is 4.80. The Hall–Kier alpha value is 0.420. The Morgan fingerprint density at radius 1 is 0.800 bits per heavy atom. The highest BCUT2D eigenvalue weighted by molar-refractivity contribution is 6.23. The van der Waals surface area contributed by atoms with E-state index >= 15 is 0 Å². The molecule has 10 heavy (non-hydrogen) atoms. The van der Waals surface area contributed by atoms with E-state index in [4.69, 9.17) is 23.2 Å². The second-order valence-electron chi connectivity index (χ2n) is 2.15. The van der Waals surface area contributed by atoms with Crippen LogP contribution in [0.1, 0.15) is 12.8 Å². The molecule has 58 valence electrons. The van der Waals surface area contributed by atoms with Crippen molar-refractivity contribution < 1.29 is 19.6 Å². The van der Waals surface area contributed by atoms with Gasteiger partial charge in [-0.25, -0.2) is 0 Å². The zero-order valence-corrected chi connectivity index (χ0v) is 6.31. The van der Waals surface area contributed by atoms with E-state index in [0.717, 1.165) is 0 Å². The Morgan fingerprint density at radius 2 is 1.10 bits per heavy atom. The van der Waals surface area contributed by atoms with Crippen molar-refractivity contribution in [1.29, 1.82) is 0 Å². The van der Waals surface area contributed by atoms with Gasteiger partial charge in [-0.3, -0.25) is 0 Å². The molecule has 0 bridgehead atoms. The SMILES string of the molecule is ClC1(CCC2(Cl)OO2)OO1. The highest BCUT2D eigenvalue weighted by Gasteiger charge is 2.54. The van der Waals surface area contributed by atoms with Gasteiger partial charge in [0.1, 0.15) is 0 Å². The molecule has 2 rings (SSSR count). The first-order valence-electron chi connectivity index (χ1n) is 2.73. The minimum atomic E-state index is -0.975. The molecular weight excluding hydrogens is 183 g/mol. The molecule has 0 aliphatic carbocycles. The van der Waals surface area contributed by atoms with Crippen LogP contribution in [-0.2, 0) is 19.6 Å². The lowest BCUT2D eigenvalue weighted by molar-refractivity contribution is 0.0850. The van der Waals surface area contributed by atoms with E-state index in [9.17, 15) is 0 Å². The average molecular weight is 187 g/mol. The molecule has 0 aromatic rings. The Balaban J connectivity index is 1.72. The summed E-state index contributed by atoms with van der Waals surface area (Å²) in [5, 5.41) is -1.95. The molecule has 0 aromatic heterocycles. The van der Waals surface area contributed by atoms with Crippen molar-refractivity contribution in [2.75, 3.05) is 0 Å². The smallest absolute Gasteiger partial charge is 0.176 e. The first-order valence-corrected chi connectivity index (χ1v) is 3.49. The van der Waals surface area contributed by atoms with Crippen LogP contribution in [-0.4, -0.2) is 10.5 Å². The van der Waals surface area contributed by atoms with Crippen molar-refractivity contribution in [3.8, 4) is 0 Å². The van der Waals surface area contributed by atoms with Crippen LogP contribution in [0.25, 0.3) is 0 Å². The third kappa shape index (κ3) is 1.53. The lowest BCUT2D eigenvalue weighted by Crippen LogP contribution is -2.06. The van der Waals surface area contributed by atoms with E-state index in [1.54, 1.807) is 0 Å². The Morgan fingerprint density at radius 3 is 1.30 bits per heavy atom. The van der Waals surface area contributed by atoms with Crippen LogP contribution >= 0.6 is 23.2 Å².